The molecule has 0 aromatic heterocycles. The van der Waals surface area contributed by atoms with Crippen molar-refractivity contribution < 1.29 is 4.79 Å². The highest BCUT2D eigenvalue weighted by molar-refractivity contribution is 5.77. The third-order valence-electron chi connectivity index (χ3n) is 4.10. The summed E-state index contributed by atoms with van der Waals surface area (Å²) < 4.78 is 0. The van der Waals surface area contributed by atoms with Gasteiger partial charge in [0.25, 0.3) is 0 Å². The summed E-state index contributed by atoms with van der Waals surface area (Å²) in [6.07, 6.45) is 11.8. The summed E-state index contributed by atoms with van der Waals surface area (Å²) in [6.45, 7) is 10.7. The molecular weight excluding hydrogens is 232 g/mol. The molecule has 0 heterocycles. The minimum absolute atomic E-state index is 0.219. The summed E-state index contributed by atoms with van der Waals surface area (Å²) in [4.78, 5) is 10.9. The number of rotatable bonds is 5. The van der Waals surface area contributed by atoms with Crippen LogP contribution in [0.5, 0.6) is 0 Å². The van der Waals surface area contributed by atoms with Crippen LogP contribution in [0.4, 0.5) is 0 Å². The van der Waals surface area contributed by atoms with Gasteiger partial charge in [-0.1, -0.05) is 48.8 Å². The zero-order chi connectivity index (χ0) is 14.5. The van der Waals surface area contributed by atoms with Gasteiger partial charge >= 0.3 is 0 Å². The maximum atomic E-state index is 10.9. The van der Waals surface area contributed by atoms with Crippen molar-refractivity contribution in [1.29, 1.82) is 0 Å². The lowest BCUT2D eigenvalue weighted by molar-refractivity contribution is -0.116. The molecule has 0 radical (unpaired) electrons. The molecule has 0 spiro atoms. The number of hydrogen-bond acceptors (Lipinski definition) is 1. The molecule has 106 valence electrons. The molecule has 1 heteroatoms. The van der Waals surface area contributed by atoms with Crippen molar-refractivity contribution in [3.63, 3.8) is 0 Å². The van der Waals surface area contributed by atoms with Crippen LogP contribution >= 0.6 is 0 Å². The third kappa shape index (κ3) is 5.18. The predicted molar refractivity (Wildman–Crippen MR) is 83.1 cm³/mol. The Labute approximate surface area is 118 Å². The molecule has 0 aromatic rings. The molecule has 0 unspecified atom stereocenters. The number of hydrogen-bond donors (Lipinski definition) is 0. The molecule has 1 nitrogen and oxygen atoms in total. The van der Waals surface area contributed by atoms with Crippen LogP contribution in [0.25, 0.3) is 0 Å². The number of allylic oxidation sites excluding steroid dienone is 6. The van der Waals surface area contributed by atoms with Crippen LogP contribution < -0.4 is 0 Å². The van der Waals surface area contributed by atoms with Crippen LogP contribution in [-0.4, -0.2) is 5.78 Å². The molecule has 0 fully saturated rings. The fourth-order valence-corrected chi connectivity index (χ4v) is 2.87. The first kappa shape index (κ1) is 15.9. The van der Waals surface area contributed by atoms with Crippen LogP contribution in [0.1, 0.15) is 66.7 Å². The van der Waals surface area contributed by atoms with Gasteiger partial charge < -0.3 is 0 Å². The van der Waals surface area contributed by atoms with Crippen molar-refractivity contribution in [3.8, 4) is 0 Å². The molecule has 0 aromatic carbocycles. The van der Waals surface area contributed by atoms with E-state index in [2.05, 4.69) is 39.8 Å². The van der Waals surface area contributed by atoms with Crippen LogP contribution in [0.3, 0.4) is 0 Å². The molecule has 0 aliphatic heterocycles. The maximum Gasteiger partial charge on any atom is 0.133 e. The summed E-state index contributed by atoms with van der Waals surface area (Å²) in [6, 6.07) is 0. The smallest absolute Gasteiger partial charge is 0.133 e. The van der Waals surface area contributed by atoms with Crippen molar-refractivity contribution >= 4 is 5.78 Å². The second-order valence-corrected chi connectivity index (χ2v) is 6.46. The number of carbonyl (C=O) groups is 1. The molecule has 0 saturated carbocycles. The van der Waals surface area contributed by atoms with Crippen LogP contribution in [0, 0.1) is 5.41 Å². The van der Waals surface area contributed by atoms with Crippen LogP contribution in [0.15, 0.2) is 34.9 Å². The molecule has 0 saturated heterocycles. The molecule has 1 aliphatic rings. The fraction of sp³-hybridized carbons (Fsp3) is 0.611. The van der Waals surface area contributed by atoms with Crippen molar-refractivity contribution in [3.05, 3.63) is 34.9 Å². The van der Waals surface area contributed by atoms with Crippen molar-refractivity contribution in [1.82, 2.24) is 0 Å². The summed E-state index contributed by atoms with van der Waals surface area (Å²) in [5, 5.41) is 0. The Kier molecular flexibility index (Phi) is 5.78. The molecule has 0 bridgehead atoms. The van der Waals surface area contributed by atoms with E-state index in [0.29, 0.717) is 11.8 Å². The van der Waals surface area contributed by atoms with Gasteiger partial charge in [-0.05, 0) is 51.9 Å². The quantitative estimate of drug-likeness (QED) is 0.479. The van der Waals surface area contributed by atoms with Gasteiger partial charge in [0, 0.05) is 6.42 Å². The van der Waals surface area contributed by atoms with Gasteiger partial charge in [-0.2, -0.15) is 0 Å². The summed E-state index contributed by atoms with van der Waals surface area (Å²) >= 11 is 0. The van der Waals surface area contributed by atoms with Crippen LogP contribution in [-0.2, 0) is 4.79 Å². The van der Waals surface area contributed by atoms with E-state index in [0.717, 1.165) is 6.42 Å². The van der Waals surface area contributed by atoms with Crippen molar-refractivity contribution in [2.45, 2.75) is 66.7 Å². The van der Waals surface area contributed by atoms with Gasteiger partial charge in [-0.15, -0.1) is 0 Å². The van der Waals surface area contributed by atoms with Gasteiger partial charge in [0.2, 0.25) is 0 Å². The van der Waals surface area contributed by atoms with E-state index in [-0.39, 0.29) is 5.78 Å². The summed E-state index contributed by atoms with van der Waals surface area (Å²) in [5.41, 5.74) is 4.79. The third-order valence-corrected chi connectivity index (χ3v) is 4.10. The SMILES string of the molecule is CC(=O)C/C=C/C(C)=C\CC1=C(C)CCCC1(C)C. The van der Waals surface area contributed by atoms with E-state index in [4.69, 9.17) is 0 Å². The Morgan fingerprint density at radius 3 is 2.58 bits per heavy atom. The largest absolute Gasteiger partial charge is 0.300 e. The Morgan fingerprint density at radius 1 is 1.32 bits per heavy atom. The van der Waals surface area contributed by atoms with Gasteiger partial charge in [0.1, 0.15) is 5.78 Å². The van der Waals surface area contributed by atoms with Gasteiger partial charge in [0.15, 0.2) is 0 Å². The molecule has 19 heavy (non-hydrogen) atoms. The molecular formula is C18H28O. The average Bonchev–Trinajstić information content (AvgIpc) is 2.26. The van der Waals surface area contributed by atoms with Crippen molar-refractivity contribution in [2.24, 2.45) is 5.41 Å². The number of Topliss-reactive ketones (excluding diaryl/α,β-unsaturated/α-hetero) is 1. The Morgan fingerprint density at radius 2 is 2.00 bits per heavy atom. The van der Waals surface area contributed by atoms with Crippen LogP contribution in [0.2, 0.25) is 0 Å². The van der Waals surface area contributed by atoms with Crippen molar-refractivity contribution in [2.75, 3.05) is 0 Å². The Balaban J connectivity index is 2.68. The Bertz CT molecular complexity index is 419. The number of ketones is 1. The van der Waals surface area contributed by atoms with Gasteiger partial charge in [-0.3, -0.25) is 4.79 Å². The second kappa shape index (κ2) is 6.88. The van der Waals surface area contributed by atoms with E-state index in [9.17, 15) is 4.79 Å². The normalized spacial score (nSPS) is 20.2. The summed E-state index contributed by atoms with van der Waals surface area (Å²) in [7, 11) is 0. The minimum atomic E-state index is 0.219. The lowest BCUT2D eigenvalue weighted by Crippen LogP contribution is -2.20. The monoisotopic (exact) mass is 260 g/mol. The minimum Gasteiger partial charge on any atom is -0.300 e. The predicted octanol–water partition coefficient (Wildman–Crippen LogP) is 5.38. The Hall–Kier alpha value is -1.11. The zero-order valence-electron chi connectivity index (χ0n) is 13.2. The molecule has 1 rings (SSSR count). The summed E-state index contributed by atoms with van der Waals surface area (Å²) in [5.74, 6) is 0.219. The highest BCUT2D eigenvalue weighted by Crippen LogP contribution is 2.41. The lowest BCUT2D eigenvalue weighted by Gasteiger charge is -2.34. The van der Waals surface area contributed by atoms with E-state index in [1.54, 1.807) is 18.1 Å². The molecule has 1 aliphatic carbocycles. The van der Waals surface area contributed by atoms with E-state index in [1.807, 2.05) is 6.08 Å². The average molecular weight is 260 g/mol. The van der Waals surface area contributed by atoms with Gasteiger partial charge in [0.05, 0.1) is 0 Å². The molecule has 0 amide bonds. The highest BCUT2D eigenvalue weighted by atomic mass is 16.1. The number of carbonyl (C=O) groups excluding carboxylic acids is 1. The molecule has 0 atom stereocenters. The first-order chi connectivity index (χ1) is 8.83. The standard InChI is InChI=1S/C18H28O/c1-14(8-6-10-16(3)19)11-12-17-15(2)9-7-13-18(17,4)5/h6,8,11H,7,9-10,12-13H2,1-5H3/b8-6+,14-11-. The van der Waals surface area contributed by atoms with E-state index in [1.165, 1.54) is 24.8 Å². The molecule has 0 N–H and O–H groups in total. The second-order valence-electron chi connectivity index (χ2n) is 6.46. The topological polar surface area (TPSA) is 17.1 Å². The fourth-order valence-electron chi connectivity index (χ4n) is 2.87. The zero-order valence-corrected chi connectivity index (χ0v) is 13.2. The highest BCUT2D eigenvalue weighted by Gasteiger charge is 2.27. The van der Waals surface area contributed by atoms with E-state index < -0.39 is 0 Å². The van der Waals surface area contributed by atoms with Gasteiger partial charge in [-0.25, -0.2) is 0 Å². The van der Waals surface area contributed by atoms with E-state index >= 15 is 0 Å². The first-order valence-electron chi connectivity index (χ1n) is 7.35. The maximum absolute atomic E-state index is 10.9. The first-order valence-corrected chi connectivity index (χ1v) is 7.35. The lowest BCUT2D eigenvalue weighted by atomic mass is 9.71.